The van der Waals surface area contributed by atoms with Crippen molar-refractivity contribution < 1.29 is 18.7 Å². The number of benzene rings is 3. The molecule has 0 aliphatic carbocycles. The molecule has 0 atom stereocenters. The molecule has 9 heteroatoms. The fourth-order valence-electron chi connectivity index (χ4n) is 3.63. The Bertz CT molecular complexity index is 1550. The van der Waals surface area contributed by atoms with Crippen LogP contribution in [-0.2, 0) is 0 Å². The highest BCUT2D eigenvalue weighted by Gasteiger charge is 2.10. The van der Waals surface area contributed by atoms with Gasteiger partial charge in [0.15, 0.2) is 5.82 Å². The molecule has 0 saturated heterocycles. The molecule has 8 nitrogen and oxygen atoms in total. The van der Waals surface area contributed by atoms with E-state index in [0.29, 0.717) is 40.2 Å². The van der Waals surface area contributed by atoms with Gasteiger partial charge < -0.3 is 14.8 Å². The average molecular weight is 496 g/mol. The summed E-state index contributed by atoms with van der Waals surface area (Å²) >= 11 is 0. The van der Waals surface area contributed by atoms with E-state index in [4.69, 9.17) is 9.47 Å². The van der Waals surface area contributed by atoms with Crippen molar-refractivity contribution in [3.05, 3.63) is 114 Å². The molecule has 0 aliphatic rings. The van der Waals surface area contributed by atoms with Crippen LogP contribution in [0.25, 0.3) is 5.82 Å². The zero-order chi connectivity index (χ0) is 25.8. The van der Waals surface area contributed by atoms with Gasteiger partial charge in [-0.05, 0) is 86.6 Å². The summed E-state index contributed by atoms with van der Waals surface area (Å²) in [4.78, 5) is 21.2. The molecule has 3 aromatic carbocycles. The van der Waals surface area contributed by atoms with Crippen LogP contribution in [0.15, 0.2) is 91.3 Å². The highest BCUT2D eigenvalue weighted by molar-refractivity contribution is 6.04. The maximum Gasteiger partial charge on any atom is 0.255 e. The first kappa shape index (κ1) is 23.7. The van der Waals surface area contributed by atoms with E-state index in [2.05, 4.69) is 20.4 Å². The highest BCUT2D eigenvalue weighted by Crippen LogP contribution is 2.25. The quantitative estimate of drug-likeness (QED) is 0.287. The molecule has 37 heavy (non-hydrogen) atoms. The van der Waals surface area contributed by atoms with Crippen LogP contribution < -0.4 is 14.8 Å². The van der Waals surface area contributed by atoms with Crippen molar-refractivity contribution in [3.63, 3.8) is 0 Å². The molecule has 0 spiro atoms. The van der Waals surface area contributed by atoms with Gasteiger partial charge in [0.2, 0.25) is 5.88 Å². The van der Waals surface area contributed by atoms with Crippen LogP contribution >= 0.6 is 0 Å². The van der Waals surface area contributed by atoms with Crippen LogP contribution in [0.3, 0.4) is 0 Å². The molecule has 184 valence electrons. The van der Waals surface area contributed by atoms with Gasteiger partial charge in [0.05, 0.1) is 5.69 Å². The van der Waals surface area contributed by atoms with Gasteiger partial charge >= 0.3 is 0 Å². The number of nitrogens with zero attached hydrogens (tertiary/aromatic N) is 4. The lowest BCUT2D eigenvalue weighted by molar-refractivity contribution is 0.102. The van der Waals surface area contributed by atoms with Gasteiger partial charge in [-0.1, -0.05) is 6.07 Å². The third-order valence-corrected chi connectivity index (χ3v) is 5.33. The van der Waals surface area contributed by atoms with Gasteiger partial charge in [0.1, 0.15) is 29.4 Å². The summed E-state index contributed by atoms with van der Waals surface area (Å²) in [6, 6.07) is 23.0. The number of halogens is 1. The Morgan fingerprint density at radius 1 is 0.838 bits per heavy atom. The number of hydrogen-bond acceptors (Lipinski definition) is 6. The van der Waals surface area contributed by atoms with E-state index in [1.54, 1.807) is 59.3 Å². The smallest absolute Gasteiger partial charge is 0.255 e. The minimum Gasteiger partial charge on any atom is -0.457 e. The monoisotopic (exact) mass is 495 g/mol. The van der Waals surface area contributed by atoms with E-state index in [-0.39, 0.29) is 11.7 Å². The number of aromatic nitrogens is 4. The standard InChI is InChI=1S/C28H22FN5O3/c1-18-14-19(2)34(33-18)26-16-27(31-17-30-26)37-24-12-8-22(9-13-24)32-28(35)20-4-3-5-25(15-20)36-23-10-6-21(29)7-11-23/h3-17H,1-2H3,(H,32,35). The lowest BCUT2D eigenvalue weighted by atomic mass is 10.2. The van der Waals surface area contributed by atoms with Gasteiger partial charge in [-0.25, -0.2) is 19.0 Å². The molecule has 0 saturated carbocycles. The number of anilines is 1. The summed E-state index contributed by atoms with van der Waals surface area (Å²) in [7, 11) is 0. The molecule has 2 aromatic heterocycles. The minimum absolute atomic E-state index is 0.302. The molecule has 0 fully saturated rings. The summed E-state index contributed by atoms with van der Waals surface area (Å²) in [5.74, 6) is 1.80. The van der Waals surface area contributed by atoms with Crippen molar-refractivity contribution in [2.45, 2.75) is 13.8 Å². The number of aryl methyl sites for hydroxylation is 2. The number of rotatable bonds is 7. The van der Waals surface area contributed by atoms with E-state index in [1.807, 2.05) is 19.9 Å². The number of hydrogen-bond donors (Lipinski definition) is 1. The number of carbonyl (C=O) groups is 1. The molecule has 5 rings (SSSR count). The molecular weight excluding hydrogens is 473 g/mol. The van der Waals surface area contributed by atoms with E-state index in [0.717, 1.165) is 11.4 Å². The van der Waals surface area contributed by atoms with Crippen molar-refractivity contribution in [3.8, 4) is 28.9 Å². The van der Waals surface area contributed by atoms with Crippen molar-refractivity contribution in [2.24, 2.45) is 0 Å². The Hall–Kier alpha value is -5.05. The highest BCUT2D eigenvalue weighted by atomic mass is 19.1. The van der Waals surface area contributed by atoms with Crippen LogP contribution in [0.1, 0.15) is 21.7 Å². The van der Waals surface area contributed by atoms with E-state index < -0.39 is 0 Å². The normalized spacial score (nSPS) is 10.7. The fraction of sp³-hybridized carbons (Fsp3) is 0.0714. The zero-order valence-corrected chi connectivity index (χ0v) is 20.1. The summed E-state index contributed by atoms with van der Waals surface area (Å²) < 4.78 is 26.4. The van der Waals surface area contributed by atoms with Gasteiger partial charge in [-0.3, -0.25) is 4.79 Å². The molecule has 2 heterocycles. The van der Waals surface area contributed by atoms with Gasteiger partial charge in [-0.15, -0.1) is 0 Å². The molecule has 5 aromatic rings. The molecule has 0 unspecified atom stereocenters. The maximum atomic E-state index is 13.1. The fourth-order valence-corrected chi connectivity index (χ4v) is 3.63. The summed E-state index contributed by atoms with van der Waals surface area (Å²) in [6.07, 6.45) is 1.42. The molecule has 1 amide bonds. The Labute approximate surface area is 212 Å². The van der Waals surface area contributed by atoms with Crippen LogP contribution in [-0.4, -0.2) is 25.7 Å². The molecule has 1 N–H and O–H groups in total. The maximum absolute atomic E-state index is 13.1. The molecular formula is C28H22FN5O3. The van der Waals surface area contributed by atoms with Gasteiger partial charge in [-0.2, -0.15) is 5.10 Å². The van der Waals surface area contributed by atoms with Crippen LogP contribution in [0.2, 0.25) is 0 Å². The average Bonchev–Trinajstić information content (AvgIpc) is 3.24. The lowest BCUT2D eigenvalue weighted by Crippen LogP contribution is -2.11. The first-order valence-corrected chi connectivity index (χ1v) is 11.4. The number of carbonyl (C=O) groups excluding carboxylic acids is 1. The number of nitrogens with one attached hydrogen (secondary N) is 1. The van der Waals surface area contributed by atoms with Crippen molar-refractivity contribution in [2.75, 3.05) is 5.32 Å². The largest absolute Gasteiger partial charge is 0.457 e. The zero-order valence-electron chi connectivity index (χ0n) is 20.1. The van der Waals surface area contributed by atoms with Crippen LogP contribution in [0.4, 0.5) is 10.1 Å². The Balaban J connectivity index is 1.23. The predicted octanol–water partition coefficient (Wildman–Crippen LogP) is 6.26. The van der Waals surface area contributed by atoms with E-state index in [9.17, 15) is 9.18 Å². The Morgan fingerprint density at radius 3 is 2.30 bits per heavy atom. The summed E-state index contributed by atoms with van der Waals surface area (Å²) in [6.45, 7) is 3.87. The van der Waals surface area contributed by atoms with Crippen molar-refractivity contribution >= 4 is 11.6 Å². The summed E-state index contributed by atoms with van der Waals surface area (Å²) in [5.41, 5.74) is 2.85. The first-order chi connectivity index (χ1) is 17.9. The third kappa shape index (κ3) is 5.79. The second-order valence-electron chi connectivity index (χ2n) is 8.22. The number of ether oxygens (including phenoxy) is 2. The van der Waals surface area contributed by atoms with Crippen molar-refractivity contribution in [1.29, 1.82) is 0 Å². The third-order valence-electron chi connectivity index (χ3n) is 5.33. The minimum atomic E-state index is -0.349. The van der Waals surface area contributed by atoms with E-state index in [1.165, 1.54) is 30.6 Å². The Kier molecular flexibility index (Phi) is 6.58. The SMILES string of the molecule is Cc1cc(C)n(-c2cc(Oc3ccc(NC(=O)c4cccc(Oc5ccc(F)cc5)c4)cc3)ncn2)n1. The van der Waals surface area contributed by atoms with Crippen LogP contribution in [0.5, 0.6) is 23.1 Å². The first-order valence-electron chi connectivity index (χ1n) is 11.4. The predicted molar refractivity (Wildman–Crippen MR) is 136 cm³/mol. The van der Waals surface area contributed by atoms with Crippen LogP contribution in [0, 0.1) is 19.7 Å². The second-order valence-corrected chi connectivity index (χ2v) is 8.22. The number of amides is 1. The molecule has 0 bridgehead atoms. The van der Waals surface area contributed by atoms with Gasteiger partial charge in [0.25, 0.3) is 5.91 Å². The van der Waals surface area contributed by atoms with Crippen molar-refractivity contribution in [1.82, 2.24) is 19.7 Å². The molecule has 0 aliphatic heterocycles. The summed E-state index contributed by atoms with van der Waals surface area (Å²) in [5, 5.41) is 7.28. The topological polar surface area (TPSA) is 91.2 Å². The molecule has 0 radical (unpaired) electrons. The lowest BCUT2D eigenvalue weighted by Gasteiger charge is -2.10. The van der Waals surface area contributed by atoms with E-state index >= 15 is 0 Å². The Morgan fingerprint density at radius 2 is 1.57 bits per heavy atom. The van der Waals surface area contributed by atoms with Gasteiger partial charge in [0, 0.05) is 23.0 Å². The second kappa shape index (κ2) is 10.3.